The summed E-state index contributed by atoms with van der Waals surface area (Å²) in [7, 11) is 0. The molecule has 7 heteroatoms. The fourth-order valence-electron chi connectivity index (χ4n) is 4.59. The van der Waals surface area contributed by atoms with Crippen LogP contribution in [-0.4, -0.2) is 27.2 Å². The third kappa shape index (κ3) is 3.58. The number of hydrogen-bond donors (Lipinski definition) is 1. The number of halogens is 1. The van der Waals surface area contributed by atoms with Gasteiger partial charge in [-0.25, -0.2) is 4.68 Å². The summed E-state index contributed by atoms with van der Waals surface area (Å²) in [5.41, 5.74) is 3.30. The van der Waals surface area contributed by atoms with Gasteiger partial charge in [0.1, 0.15) is 11.8 Å². The molecular formula is C25H25ClN4O2. The SMILES string of the molecule is CCOc1ccc(C2C3=C(CC(C)(C)CC3=O)Nc3nc(-c4ccccc4Cl)nn32)cc1. The van der Waals surface area contributed by atoms with E-state index >= 15 is 0 Å². The highest BCUT2D eigenvalue weighted by Gasteiger charge is 2.42. The van der Waals surface area contributed by atoms with Crippen LogP contribution in [0, 0.1) is 5.41 Å². The number of benzene rings is 2. The number of fused-ring (bicyclic) bond motifs is 1. The second-order valence-electron chi connectivity index (χ2n) is 9.05. The molecule has 5 rings (SSSR count). The molecule has 0 amide bonds. The zero-order chi connectivity index (χ0) is 22.5. The zero-order valence-corrected chi connectivity index (χ0v) is 19.1. The molecule has 2 heterocycles. The molecule has 6 nitrogen and oxygen atoms in total. The van der Waals surface area contributed by atoms with Gasteiger partial charge in [-0.2, -0.15) is 4.98 Å². The average Bonchev–Trinajstić information content (AvgIpc) is 3.16. The first-order valence-corrected chi connectivity index (χ1v) is 11.2. The van der Waals surface area contributed by atoms with Crippen molar-refractivity contribution in [3.63, 3.8) is 0 Å². The number of nitrogens with one attached hydrogen (secondary N) is 1. The number of aromatic nitrogens is 3. The fourth-order valence-corrected chi connectivity index (χ4v) is 4.81. The lowest BCUT2D eigenvalue weighted by atomic mass is 9.73. The summed E-state index contributed by atoms with van der Waals surface area (Å²) in [5.74, 6) is 2.08. The first-order valence-electron chi connectivity index (χ1n) is 10.8. The molecule has 0 bridgehead atoms. The summed E-state index contributed by atoms with van der Waals surface area (Å²) >= 11 is 6.42. The van der Waals surface area contributed by atoms with E-state index in [0.29, 0.717) is 29.8 Å². The van der Waals surface area contributed by atoms with Crippen molar-refractivity contribution >= 4 is 23.3 Å². The van der Waals surface area contributed by atoms with E-state index in [1.807, 2.05) is 60.1 Å². The molecule has 1 unspecified atom stereocenters. The fraction of sp³-hybridized carbons (Fsp3) is 0.320. The number of ether oxygens (including phenoxy) is 1. The Kier molecular flexibility index (Phi) is 5.05. The molecule has 0 radical (unpaired) electrons. The second-order valence-corrected chi connectivity index (χ2v) is 9.45. The molecule has 1 N–H and O–H groups in total. The van der Waals surface area contributed by atoms with Gasteiger partial charge in [-0.05, 0) is 48.6 Å². The quantitative estimate of drug-likeness (QED) is 0.558. The third-order valence-electron chi connectivity index (χ3n) is 5.95. The van der Waals surface area contributed by atoms with Gasteiger partial charge in [0.05, 0.1) is 11.6 Å². The van der Waals surface area contributed by atoms with Crippen LogP contribution in [0.2, 0.25) is 5.02 Å². The Hall–Kier alpha value is -3.12. The summed E-state index contributed by atoms with van der Waals surface area (Å²) in [6, 6.07) is 15.0. The molecule has 0 spiro atoms. The molecule has 1 aliphatic heterocycles. The van der Waals surface area contributed by atoms with Crippen molar-refractivity contribution in [2.24, 2.45) is 5.41 Å². The molecule has 3 aromatic rings. The van der Waals surface area contributed by atoms with Gasteiger partial charge < -0.3 is 10.1 Å². The summed E-state index contributed by atoms with van der Waals surface area (Å²) < 4.78 is 7.42. The number of hydrogen-bond acceptors (Lipinski definition) is 5. The Balaban J connectivity index is 1.65. The predicted molar refractivity (Wildman–Crippen MR) is 125 cm³/mol. The highest BCUT2D eigenvalue weighted by atomic mass is 35.5. The van der Waals surface area contributed by atoms with Crippen molar-refractivity contribution in [1.82, 2.24) is 14.8 Å². The minimum atomic E-state index is -0.357. The number of nitrogens with zero attached hydrogens (tertiary/aromatic N) is 3. The van der Waals surface area contributed by atoms with Crippen molar-refractivity contribution in [2.45, 2.75) is 39.7 Å². The van der Waals surface area contributed by atoms with Crippen LogP contribution in [-0.2, 0) is 4.79 Å². The highest BCUT2D eigenvalue weighted by Crippen LogP contribution is 2.46. The number of rotatable bonds is 4. The van der Waals surface area contributed by atoms with Crippen LogP contribution in [0.3, 0.4) is 0 Å². The first kappa shape index (κ1) is 20.8. The van der Waals surface area contributed by atoms with Crippen LogP contribution in [0.5, 0.6) is 5.75 Å². The van der Waals surface area contributed by atoms with E-state index in [4.69, 9.17) is 26.4 Å². The Bertz CT molecular complexity index is 1230. The van der Waals surface area contributed by atoms with Gasteiger partial charge in [0, 0.05) is 23.3 Å². The molecule has 1 atom stereocenters. The van der Waals surface area contributed by atoms with E-state index < -0.39 is 0 Å². The van der Waals surface area contributed by atoms with Crippen LogP contribution in [0.25, 0.3) is 11.4 Å². The Morgan fingerprint density at radius 2 is 1.91 bits per heavy atom. The number of Topliss-reactive ketones (excluding diaryl/α,β-unsaturated/α-hetero) is 1. The molecule has 1 aliphatic carbocycles. The van der Waals surface area contributed by atoms with Crippen LogP contribution >= 0.6 is 11.6 Å². The van der Waals surface area contributed by atoms with E-state index in [2.05, 4.69) is 19.2 Å². The molecule has 164 valence electrons. The normalized spacial score (nSPS) is 19.2. The van der Waals surface area contributed by atoms with Gasteiger partial charge >= 0.3 is 0 Å². The molecule has 0 fully saturated rings. The lowest BCUT2D eigenvalue weighted by Crippen LogP contribution is -2.36. The van der Waals surface area contributed by atoms with Gasteiger partial charge in [0.2, 0.25) is 5.95 Å². The molecule has 0 saturated heterocycles. The Labute approximate surface area is 192 Å². The van der Waals surface area contributed by atoms with E-state index in [-0.39, 0.29) is 17.2 Å². The van der Waals surface area contributed by atoms with Gasteiger partial charge in [-0.3, -0.25) is 4.79 Å². The molecular weight excluding hydrogens is 424 g/mol. The summed E-state index contributed by atoms with van der Waals surface area (Å²) in [6.45, 7) is 6.80. The smallest absolute Gasteiger partial charge is 0.226 e. The highest BCUT2D eigenvalue weighted by molar-refractivity contribution is 6.33. The number of carbonyl (C=O) groups excluding carboxylic acids is 1. The van der Waals surface area contributed by atoms with E-state index in [0.717, 1.165) is 34.6 Å². The lowest BCUT2D eigenvalue weighted by Gasteiger charge is -2.38. The van der Waals surface area contributed by atoms with Crippen molar-refractivity contribution in [2.75, 3.05) is 11.9 Å². The van der Waals surface area contributed by atoms with Gasteiger partial charge in [-0.1, -0.05) is 49.7 Å². The standard InChI is InChI=1S/C25H25ClN4O2/c1-4-32-16-11-9-15(10-12-16)22-21-19(13-25(2,3)14-20(21)31)27-24-28-23(29-30(22)24)17-7-5-6-8-18(17)26/h5-12,22H,4,13-14H2,1-3H3,(H,27,28,29). The van der Waals surface area contributed by atoms with Crippen LogP contribution < -0.4 is 10.1 Å². The molecule has 2 aliphatic rings. The third-order valence-corrected chi connectivity index (χ3v) is 6.28. The Morgan fingerprint density at radius 1 is 1.16 bits per heavy atom. The summed E-state index contributed by atoms with van der Waals surface area (Å²) in [5, 5.41) is 8.79. The van der Waals surface area contributed by atoms with Gasteiger partial charge in [0.15, 0.2) is 11.6 Å². The van der Waals surface area contributed by atoms with Crippen molar-refractivity contribution in [3.05, 3.63) is 70.4 Å². The van der Waals surface area contributed by atoms with E-state index in [9.17, 15) is 4.79 Å². The maximum atomic E-state index is 13.3. The second kappa shape index (κ2) is 7.78. The predicted octanol–water partition coefficient (Wildman–Crippen LogP) is 5.66. The molecule has 1 aromatic heterocycles. The number of carbonyl (C=O) groups is 1. The number of ketones is 1. The molecule has 2 aromatic carbocycles. The topological polar surface area (TPSA) is 69.0 Å². The molecule has 32 heavy (non-hydrogen) atoms. The van der Waals surface area contributed by atoms with Crippen LogP contribution in [0.4, 0.5) is 5.95 Å². The monoisotopic (exact) mass is 448 g/mol. The summed E-state index contributed by atoms with van der Waals surface area (Å²) in [4.78, 5) is 18.1. The van der Waals surface area contributed by atoms with Crippen LogP contribution in [0.15, 0.2) is 59.8 Å². The van der Waals surface area contributed by atoms with Gasteiger partial charge in [0.25, 0.3) is 0 Å². The minimum Gasteiger partial charge on any atom is -0.494 e. The van der Waals surface area contributed by atoms with Crippen molar-refractivity contribution in [1.29, 1.82) is 0 Å². The van der Waals surface area contributed by atoms with Crippen molar-refractivity contribution in [3.8, 4) is 17.1 Å². The van der Waals surface area contributed by atoms with Gasteiger partial charge in [-0.15, -0.1) is 5.10 Å². The maximum Gasteiger partial charge on any atom is 0.226 e. The average molecular weight is 449 g/mol. The lowest BCUT2D eigenvalue weighted by molar-refractivity contribution is -0.118. The zero-order valence-electron chi connectivity index (χ0n) is 18.4. The number of anilines is 1. The first-order chi connectivity index (χ1) is 15.4. The van der Waals surface area contributed by atoms with Crippen molar-refractivity contribution < 1.29 is 9.53 Å². The molecule has 0 saturated carbocycles. The number of allylic oxidation sites excluding steroid dienone is 2. The minimum absolute atomic E-state index is 0.111. The Morgan fingerprint density at radius 3 is 2.62 bits per heavy atom. The largest absolute Gasteiger partial charge is 0.494 e. The van der Waals surface area contributed by atoms with E-state index in [1.54, 1.807) is 0 Å². The van der Waals surface area contributed by atoms with Crippen LogP contribution in [0.1, 0.15) is 45.2 Å². The van der Waals surface area contributed by atoms with E-state index in [1.165, 1.54) is 0 Å². The maximum absolute atomic E-state index is 13.3. The summed E-state index contributed by atoms with van der Waals surface area (Å²) in [6.07, 6.45) is 1.28.